The number of nitrogens with zero attached hydrogens (tertiary/aromatic N) is 16. The number of nitrogen functional groups attached to an aromatic ring is 2. The topological polar surface area (TPSA) is 267 Å². The van der Waals surface area contributed by atoms with Gasteiger partial charge in [-0.05, 0) is 156 Å². The third-order valence-corrected chi connectivity index (χ3v) is 6.71. The molecule has 20 nitrogen and oxygen atoms in total. The average Bonchev–Trinajstić information content (AvgIpc) is 3.97. The second-order valence-electron chi connectivity index (χ2n) is 10.7. The highest BCUT2D eigenvalue weighted by Gasteiger charge is 2.04. The van der Waals surface area contributed by atoms with E-state index < -0.39 is 0 Å². The van der Waals surface area contributed by atoms with Gasteiger partial charge in [-0.25, -0.2) is 0 Å². The Hall–Kier alpha value is -7.64. The molecule has 264 valence electrons. The Morgan fingerprint density at radius 1 is 0.423 bits per heavy atom. The molecule has 0 aliphatic heterocycles. The van der Waals surface area contributed by atoms with Gasteiger partial charge in [-0.3, -0.25) is 0 Å². The molecule has 0 radical (unpaired) electrons. The number of hydrogen-bond acceptors (Lipinski definition) is 16. The van der Waals surface area contributed by atoms with E-state index in [1.807, 2.05) is 50.2 Å². The van der Waals surface area contributed by atoms with E-state index in [0.29, 0.717) is 17.5 Å². The van der Waals surface area contributed by atoms with Gasteiger partial charge in [0.2, 0.25) is 0 Å². The van der Waals surface area contributed by atoms with Crippen LogP contribution in [0.5, 0.6) is 11.5 Å². The van der Waals surface area contributed by atoms with Crippen LogP contribution >= 0.6 is 0 Å². The number of anilines is 2. The highest BCUT2D eigenvalue weighted by Crippen LogP contribution is 2.14. The molecule has 0 spiro atoms. The van der Waals surface area contributed by atoms with Crippen molar-refractivity contribution in [3.8, 4) is 34.2 Å². The summed E-state index contributed by atoms with van der Waals surface area (Å²) < 4.78 is 3.25. The van der Waals surface area contributed by atoms with Gasteiger partial charge in [0.1, 0.15) is 11.5 Å². The number of nitrogens with two attached hydrogens (primary N) is 2. The Morgan fingerprint density at radius 2 is 0.750 bits per heavy atom. The maximum Gasteiger partial charge on any atom is 0.172 e. The molecule has 0 fully saturated rings. The summed E-state index contributed by atoms with van der Waals surface area (Å²) >= 11 is 0. The number of phenolic OH excluding ortho intramolecular Hbond substituents is 2. The zero-order chi connectivity index (χ0) is 37.0. The molecule has 8 aromatic rings. The number of benzene rings is 4. The Kier molecular flexibility index (Phi) is 11.4. The molecule has 4 aromatic carbocycles. The molecule has 8 rings (SSSR count). The first kappa shape index (κ1) is 35.7. The number of aromatic hydroxyl groups is 2. The summed E-state index contributed by atoms with van der Waals surface area (Å²) in [4.78, 5) is 2.88. The number of hydrogen-bond donors (Lipinski definition) is 4. The third kappa shape index (κ3) is 9.72. The fourth-order valence-corrected chi connectivity index (χ4v) is 4.13. The van der Waals surface area contributed by atoms with Crippen molar-refractivity contribution in [2.24, 2.45) is 0 Å². The fraction of sp³-hybridized carbons (Fsp3) is 0.125. The van der Waals surface area contributed by atoms with Gasteiger partial charge in [0.25, 0.3) is 0 Å². The molecule has 52 heavy (non-hydrogen) atoms. The van der Waals surface area contributed by atoms with Gasteiger partial charge in [-0.2, -0.15) is 9.36 Å². The largest absolute Gasteiger partial charge is 0.508 e. The molecule has 0 atom stereocenters. The van der Waals surface area contributed by atoms with Crippen molar-refractivity contribution in [3.63, 3.8) is 0 Å². The maximum atomic E-state index is 9.06. The number of aromatic nitrogens is 16. The predicted octanol–water partition coefficient (Wildman–Crippen LogP) is 2.46. The van der Waals surface area contributed by atoms with Crippen molar-refractivity contribution in [2.45, 2.75) is 27.7 Å². The van der Waals surface area contributed by atoms with Gasteiger partial charge in [-0.1, -0.05) is 0 Å². The van der Waals surface area contributed by atoms with Crippen molar-refractivity contribution in [3.05, 3.63) is 120 Å². The van der Waals surface area contributed by atoms with Crippen LogP contribution in [0.3, 0.4) is 0 Å². The SMILES string of the molecule is Cc1nnn(-c2ccc(N)cc2)n1.Cc1nnn(-c2ccc(O)cc2)n1.Cc1nnnn1-c1ccc(N)cc1.Cc1nnnn1-c1ccc(O)cc1. The molecular formula is C32H34N18O2. The summed E-state index contributed by atoms with van der Waals surface area (Å²) in [6.45, 7) is 7.22. The third-order valence-electron chi connectivity index (χ3n) is 6.71. The van der Waals surface area contributed by atoms with Crippen LogP contribution in [0.2, 0.25) is 0 Å². The molecule has 0 unspecified atom stereocenters. The Labute approximate surface area is 296 Å². The smallest absolute Gasteiger partial charge is 0.172 e. The van der Waals surface area contributed by atoms with Gasteiger partial charge in [-0.15, -0.1) is 40.2 Å². The first-order valence-electron chi connectivity index (χ1n) is 15.4. The van der Waals surface area contributed by atoms with E-state index in [1.165, 1.54) is 9.59 Å². The zero-order valence-electron chi connectivity index (χ0n) is 28.4. The number of aryl methyl sites for hydroxylation is 4. The van der Waals surface area contributed by atoms with Crippen LogP contribution in [0.15, 0.2) is 97.1 Å². The lowest BCUT2D eigenvalue weighted by Gasteiger charge is -2.00. The normalized spacial score (nSPS) is 10.2. The Morgan fingerprint density at radius 3 is 1.06 bits per heavy atom. The molecule has 0 bridgehead atoms. The quantitative estimate of drug-likeness (QED) is 0.192. The second kappa shape index (κ2) is 16.6. The van der Waals surface area contributed by atoms with Crippen molar-refractivity contribution in [1.82, 2.24) is 80.8 Å². The van der Waals surface area contributed by atoms with Crippen LogP contribution in [0.4, 0.5) is 11.4 Å². The van der Waals surface area contributed by atoms with Crippen LogP contribution < -0.4 is 11.5 Å². The minimum Gasteiger partial charge on any atom is -0.508 e. The van der Waals surface area contributed by atoms with Crippen molar-refractivity contribution in [1.29, 1.82) is 0 Å². The molecule has 0 aliphatic rings. The van der Waals surface area contributed by atoms with Crippen LogP contribution in [-0.2, 0) is 0 Å². The number of rotatable bonds is 4. The summed E-state index contributed by atoms with van der Waals surface area (Å²) in [5.74, 6) is 3.19. The van der Waals surface area contributed by atoms with E-state index in [4.69, 9.17) is 21.7 Å². The number of tetrazole rings is 4. The van der Waals surface area contributed by atoms with Gasteiger partial charge in [0, 0.05) is 11.4 Å². The van der Waals surface area contributed by atoms with Crippen molar-refractivity contribution < 1.29 is 10.2 Å². The Balaban J connectivity index is 0.000000134. The molecule has 0 amide bonds. The van der Waals surface area contributed by atoms with E-state index in [1.54, 1.807) is 83.9 Å². The van der Waals surface area contributed by atoms with Crippen molar-refractivity contribution >= 4 is 11.4 Å². The van der Waals surface area contributed by atoms with E-state index >= 15 is 0 Å². The predicted molar refractivity (Wildman–Crippen MR) is 188 cm³/mol. The van der Waals surface area contributed by atoms with Crippen LogP contribution in [0.1, 0.15) is 23.3 Å². The van der Waals surface area contributed by atoms with Gasteiger partial charge >= 0.3 is 0 Å². The van der Waals surface area contributed by atoms with Gasteiger partial charge in [0.15, 0.2) is 23.3 Å². The molecular weight excluding hydrogens is 668 g/mol. The van der Waals surface area contributed by atoms with Crippen LogP contribution in [-0.4, -0.2) is 91.0 Å². The molecule has 0 saturated carbocycles. The standard InChI is InChI=1S/2C8H9N5.2C8H8N4O/c1-6-10-11-12-13(6)8-4-2-7(9)3-5-8;1-6-10-12-13(11-6)8-4-2-7(9)3-5-8;1-6-9-10-11-12(6)7-2-4-8(13)5-3-7;1-6-9-11-12(10-6)7-2-4-8(13)5-3-7/h2*2-5H,9H2,1H3;2*2-5,13H,1H3. The molecule has 6 N–H and O–H groups in total. The van der Waals surface area contributed by atoms with Crippen LogP contribution in [0.25, 0.3) is 22.7 Å². The highest BCUT2D eigenvalue weighted by atomic mass is 16.3. The van der Waals surface area contributed by atoms with Gasteiger partial charge < -0.3 is 21.7 Å². The lowest BCUT2D eigenvalue weighted by atomic mass is 10.3. The first-order valence-corrected chi connectivity index (χ1v) is 15.4. The lowest BCUT2D eigenvalue weighted by molar-refractivity contribution is 0.474. The summed E-state index contributed by atoms with van der Waals surface area (Å²) in [6, 6.07) is 27.9. The van der Waals surface area contributed by atoms with Crippen LogP contribution in [0, 0.1) is 27.7 Å². The summed E-state index contributed by atoms with van der Waals surface area (Å²) in [5, 5.41) is 63.6. The summed E-state index contributed by atoms with van der Waals surface area (Å²) in [5.41, 5.74) is 15.9. The fourth-order valence-electron chi connectivity index (χ4n) is 4.13. The van der Waals surface area contributed by atoms with E-state index in [-0.39, 0.29) is 11.5 Å². The Bertz CT molecular complexity index is 2110. The van der Waals surface area contributed by atoms with E-state index in [9.17, 15) is 0 Å². The zero-order valence-corrected chi connectivity index (χ0v) is 28.4. The molecule has 0 aliphatic carbocycles. The minimum absolute atomic E-state index is 0.223. The second-order valence-corrected chi connectivity index (χ2v) is 10.7. The molecule has 4 heterocycles. The molecule has 4 aromatic heterocycles. The monoisotopic (exact) mass is 702 g/mol. The molecule has 20 heteroatoms. The summed E-state index contributed by atoms with van der Waals surface area (Å²) in [7, 11) is 0. The first-order chi connectivity index (χ1) is 25.0. The van der Waals surface area contributed by atoms with E-state index in [2.05, 4.69) is 61.9 Å². The number of phenols is 2. The van der Waals surface area contributed by atoms with Crippen molar-refractivity contribution in [2.75, 3.05) is 11.5 Å². The highest BCUT2D eigenvalue weighted by molar-refractivity contribution is 5.45. The average molecular weight is 703 g/mol. The van der Waals surface area contributed by atoms with Gasteiger partial charge in [0.05, 0.1) is 22.7 Å². The minimum atomic E-state index is 0.223. The molecule has 0 saturated heterocycles. The lowest BCUT2D eigenvalue weighted by Crippen LogP contribution is -1.99. The van der Waals surface area contributed by atoms with E-state index in [0.717, 1.165) is 39.9 Å². The maximum absolute atomic E-state index is 9.06. The summed E-state index contributed by atoms with van der Waals surface area (Å²) in [6.07, 6.45) is 0.